The van der Waals surface area contributed by atoms with Crippen molar-refractivity contribution in [1.82, 2.24) is 5.32 Å². The Morgan fingerprint density at radius 1 is 1.13 bits per heavy atom. The summed E-state index contributed by atoms with van der Waals surface area (Å²) in [5.41, 5.74) is 2.91. The summed E-state index contributed by atoms with van der Waals surface area (Å²) in [5, 5.41) is 11.6. The Balaban J connectivity index is 1.99. The van der Waals surface area contributed by atoms with Gasteiger partial charge in [0.2, 0.25) is 0 Å². The minimum atomic E-state index is -0.761. The lowest BCUT2D eigenvalue weighted by atomic mass is 10.0. The molecule has 0 saturated heterocycles. The Kier molecular flexibility index (Phi) is 9.24. The molecule has 6 heteroatoms. The predicted molar refractivity (Wildman–Crippen MR) is 114 cm³/mol. The first-order valence-electron chi connectivity index (χ1n) is 9.71. The van der Waals surface area contributed by atoms with Gasteiger partial charge in [0.1, 0.15) is 12.7 Å². The van der Waals surface area contributed by atoms with Crippen molar-refractivity contribution in [2.45, 2.75) is 25.9 Å². The standard InChI is InChI=1S/C24H26N2O4/c1-4-15-30-23(20-9-6-18(5-2)7-10-20)24(27)26-14-12-19-8-11-21(29-16-13-25)22(17-19)28-3/h1,6-11,17,23H,5,12,14-16H2,2-3H3,(H,26,27). The first-order valence-corrected chi connectivity index (χ1v) is 9.71. The van der Waals surface area contributed by atoms with E-state index in [4.69, 9.17) is 25.9 Å². The van der Waals surface area contributed by atoms with E-state index in [1.807, 2.05) is 42.5 Å². The number of methoxy groups -OCH3 is 1. The maximum Gasteiger partial charge on any atom is 0.253 e. The summed E-state index contributed by atoms with van der Waals surface area (Å²) in [7, 11) is 1.54. The third-order valence-corrected chi connectivity index (χ3v) is 4.50. The Labute approximate surface area is 177 Å². The van der Waals surface area contributed by atoms with E-state index < -0.39 is 6.10 Å². The fourth-order valence-corrected chi connectivity index (χ4v) is 2.90. The number of hydrogen-bond acceptors (Lipinski definition) is 5. The topological polar surface area (TPSA) is 80.6 Å². The molecule has 0 saturated carbocycles. The lowest BCUT2D eigenvalue weighted by Crippen LogP contribution is -2.32. The zero-order chi connectivity index (χ0) is 21.8. The van der Waals surface area contributed by atoms with Crippen LogP contribution in [0.3, 0.4) is 0 Å². The van der Waals surface area contributed by atoms with E-state index >= 15 is 0 Å². The van der Waals surface area contributed by atoms with Crippen molar-refractivity contribution < 1.29 is 19.0 Å². The number of aryl methyl sites for hydroxylation is 1. The van der Waals surface area contributed by atoms with Gasteiger partial charge in [-0.15, -0.1) is 6.42 Å². The number of rotatable bonds is 11. The molecule has 0 spiro atoms. The third kappa shape index (κ3) is 6.55. The highest BCUT2D eigenvalue weighted by Gasteiger charge is 2.21. The number of nitriles is 1. The molecule has 0 radical (unpaired) electrons. The van der Waals surface area contributed by atoms with Crippen LogP contribution in [0.15, 0.2) is 42.5 Å². The van der Waals surface area contributed by atoms with Crippen molar-refractivity contribution in [2.75, 3.05) is 26.9 Å². The first-order chi connectivity index (χ1) is 14.6. The molecule has 0 aliphatic heterocycles. The number of terminal acetylenes is 1. The van der Waals surface area contributed by atoms with Gasteiger partial charge in [0.25, 0.3) is 5.91 Å². The highest BCUT2D eigenvalue weighted by Crippen LogP contribution is 2.28. The van der Waals surface area contributed by atoms with Crippen LogP contribution in [0.2, 0.25) is 0 Å². The smallest absolute Gasteiger partial charge is 0.253 e. The molecule has 0 aliphatic rings. The van der Waals surface area contributed by atoms with Gasteiger partial charge in [0, 0.05) is 6.54 Å². The fourth-order valence-electron chi connectivity index (χ4n) is 2.90. The van der Waals surface area contributed by atoms with Crippen molar-refractivity contribution in [3.05, 3.63) is 59.2 Å². The molecule has 2 aromatic carbocycles. The molecule has 0 aliphatic carbocycles. The molecule has 2 rings (SSSR count). The van der Waals surface area contributed by atoms with Crippen molar-refractivity contribution in [1.29, 1.82) is 5.26 Å². The number of nitrogens with one attached hydrogen (secondary N) is 1. The molecule has 156 valence electrons. The molecule has 6 nitrogen and oxygen atoms in total. The number of carbonyl (C=O) groups excluding carboxylic acids is 1. The van der Waals surface area contributed by atoms with Gasteiger partial charge in [-0.3, -0.25) is 4.79 Å². The van der Waals surface area contributed by atoms with Crippen LogP contribution in [-0.2, 0) is 22.4 Å². The van der Waals surface area contributed by atoms with E-state index in [1.165, 1.54) is 12.7 Å². The van der Waals surface area contributed by atoms with Gasteiger partial charge in [-0.1, -0.05) is 43.2 Å². The molecule has 1 N–H and O–H groups in total. The predicted octanol–water partition coefficient (Wildman–Crippen LogP) is 3.21. The number of ether oxygens (including phenoxy) is 3. The zero-order valence-corrected chi connectivity index (χ0v) is 17.3. The summed E-state index contributed by atoms with van der Waals surface area (Å²) in [6.45, 7) is 2.49. The second-order valence-electron chi connectivity index (χ2n) is 6.46. The highest BCUT2D eigenvalue weighted by molar-refractivity contribution is 5.82. The minimum absolute atomic E-state index is 0.0506. The van der Waals surface area contributed by atoms with E-state index in [0.29, 0.717) is 24.5 Å². The maximum atomic E-state index is 12.7. The quantitative estimate of drug-likeness (QED) is 0.580. The summed E-state index contributed by atoms with van der Waals surface area (Å²) < 4.78 is 16.2. The Morgan fingerprint density at radius 3 is 2.50 bits per heavy atom. The normalized spacial score (nSPS) is 11.1. The molecule has 1 amide bonds. The van der Waals surface area contributed by atoms with Crippen LogP contribution in [0.5, 0.6) is 11.5 Å². The number of benzene rings is 2. The van der Waals surface area contributed by atoms with Crippen LogP contribution in [0.1, 0.15) is 29.7 Å². The van der Waals surface area contributed by atoms with Crippen molar-refractivity contribution >= 4 is 5.91 Å². The van der Waals surface area contributed by atoms with Crippen molar-refractivity contribution in [2.24, 2.45) is 0 Å². The lowest BCUT2D eigenvalue weighted by molar-refractivity contribution is -0.132. The second kappa shape index (κ2) is 12.2. The molecule has 30 heavy (non-hydrogen) atoms. The van der Waals surface area contributed by atoms with Crippen LogP contribution < -0.4 is 14.8 Å². The molecule has 0 bridgehead atoms. The van der Waals surface area contributed by atoms with Crippen molar-refractivity contribution in [3.8, 4) is 29.9 Å². The summed E-state index contributed by atoms with van der Waals surface area (Å²) in [6, 6.07) is 15.1. The van der Waals surface area contributed by atoms with Gasteiger partial charge < -0.3 is 19.5 Å². The lowest BCUT2D eigenvalue weighted by Gasteiger charge is -2.17. The van der Waals surface area contributed by atoms with E-state index in [2.05, 4.69) is 18.2 Å². The monoisotopic (exact) mass is 406 g/mol. The molecule has 1 unspecified atom stereocenters. The average Bonchev–Trinajstić information content (AvgIpc) is 2.78. The van der Waals surface area contributed by atoms with Crippen LogP contribution in [0, 0.1) is 23.7 Å². The molecule has 0 heterocycles. The third-order valence-electron chi connectivity index (χ3n) is 4.50. The van der Waals surface area contributed by atoms with Crippen LogP contribution >= 0.6 is 0 Å². The Morgan fingerprint density at radius 2 is 1.87 bits per heavy atom. The summed E-state index contributed by atoms with van der Waals surface area (Å²) >= 11 is 0. The van der Waals surface area contributed by atoms with Gasteiger partial charge >= 0.3 is 0 Å². The molecule has 2 aromatic rings. The largest absolute Gasteiger partial charge is 0.493 e. The summed E-state index contributed by atoms with van der Waals surface area (Å²) in [5.74, 6) is 3.22. The zero-order valence-electron chi connectivity index (χ0n) is 17.3. The molecule has 1 atom stereocenters. The summed E-state index contributed by atoms with van der Waals surface area (Å²) in [6.07, 6.45) is 6.06. The van der Waals surface area contributed by atoms with Crippen LogP contribution in [0.25, 0.3) is 0 Å². The Hall–Kier alpha value is -3.48. The van der Waals surface area contributed by atoms with E-state index in [-0.39, 0.29) is 19.1 Å². The van der Waals surface area contributed by atoms with E-state index in [0.717, 1.165) is 17.5 Å². The van der Waals surface area contributed by atoms with Gasteiger partial charge in [-0.25, -0.2) is 0 Å². The van der Waals surface area contributed by atoms with Gasteiger partial charge in [-0.05, 0) is 41.7 Å². The van der Waals surface area contributed by atoms with Gasteiger partial charge in [-0.2, -0.15) is 5.26 Å². The van der Waals surface area contributed by atoms with Gasteiger partial charge in [0.15, 0.2) is 24.2 Å². The highest BCUT2D eigenvalue weighted by atomic mass is 16.5. The number of nitrogens with zero attached hydrogens (tertiary/aromatic N) is 1. The Bertz CT molecular complexity index is 910. The molecule has 0 fully saturated rings. The molecule has 0 aromatic heterocycles. The SMILES string of the molecule is C#CCOC(C(=O)NCCc1ccc(OCC#N)c(OC)c1)c1ccc(CC)cc1. The fraction of sp³-hybridized carbons (Fsp3) is 0.333. The minimum Gasteiger partial charge on any atom is -0.493 e. The van der Waals surface area contributed by atoms with Crippen molar-refractivity contribution in [3.63, 3.8) is 0 Å². The van der Waals surface area contributed by atoms with Crippen LogP contribution in [0.4, 0.5) is 0 Å². The molecular weight excluding hydrogens is 380 g/mol. The van der Waals surface area contributed by atoms with Gasteiger partial charge in [0.05, 0.1) is 7.11 Å². The van der Waals surface area contributed by atoms with E-state index in [1.54, 1.807) is 6.07 Å². The molecular formula is C24H26N2O4. The van der Waals surface area contributed by atoms with Crippen LogP contribution in [-0.4, -0.2) is 32.8 Å². The summed E-state index contributed by atoms with van der Waals surface area (Å²) in [4.78, 5) is 12.7. The number of hydrogen-bond donors (Lipinski definition) is 1. The maximum absolute atomic E-state index is 12.7. The second-order valence-corrected chi connectivity index (χ2v) is 6.46. The first kappa shape index (κ1) is 22.8. The number of carbonyl (C=O) groups is 1. The number of amides is 1. The van der Waals surface area contributed by atoms with E-state index in [9.17, 15) is 4.79 Å². The average molecular weight is 406 g/mol.